The first-order valence-electron chi connectivity index (χ1n) is 5.60. The van der Waals surface area contributed by atoms with Crippen molar-refractivity contribution in [2.24, 2.45) is 0 Å². The van der Waals surface area contributed by atoms with E-state index in [1.807, 2.05) is 0 Å². The van der Waals surface area contributed by atoms with E-state index in [4.69, 9.17) is 0 Å². The van der Waals surface area contributed by atoms with Crippen molar-refractivity contribution in [2.45, 2.75) is 38.5 Å². The zero-order chi connectivity index (χ0) is 11.1. The van der Waals surface area contributed by atoms with Crippen LogP contribution in [0.15, 0.2) is 28.7 Å². The van der Waals surface area contributed by atoms with Gasteiger partial charge in [-0.05, 0) is 24.0 Å². The number of halogens is 2. The van der Waals surface area contributed by atoms with Crippen molar-refractivity contribution in [3.05, 3.63) is 34.3 Å². The maximum Gasteiger partial charge on any atom is 0.0210 e. The minimum Gasteiger partial charge on any atom is -0.0921 e. The fraction of sp³-hybridized carbons (Fsp3) is 0.538. The average Bonchev–Trinajstić information content (AvgIpc) is 2.26. The molecule has 0 bridgehead atoms. The van der Waals surface area contributed by atoms with Crippen molar-refractivity contribution >= 4 is 31.9 Å². The molecule has 1 atom stereocenters. The van der Waals surface area contributed by atoms with Gasteiger partial charge in [0.05, 0.1) is 0 Å². The van der Waals surface area contributed by atoms with Gasteiger partial charge < -0.3 is 0 Å². The third-order valence-corrected chi connectivity index (χ3v) is 4.19. The molecule has 0 aliphatic carbocycles. The molecule has 1 unspecified atom stereocenters. The van der Waals surface area contributed by atoms with Crippen molar-refractivity contribution in [3.63, 3.8) is 0 Å². The molecule has 0 aliphatic heterocycles. The average molecular weight is 334 g/mol. The van der Waals surface area contributed by atoms with Crippen LogP contribution in [0.1, 0.15) is 44.1 Å². The molecule has 84 valence electrons. The number of hydrogen-bond donors (Lipinski definition) is 0. The molecule has 0 radical (unpaired) electrons. The highest BCUT2D eigenvalue weighted by Crippen LogP contribution is 2.30. The first-order chi connectivity index (χ1) is 7.29. The SMILES string of the molecule is CCCCCC(CBr)c1ccccc1Br. The van der Waals surface area contributed by atoms with E-state index >= 15 is 0 Å². The highest BCUT2D eigenvalue weighted by molar-refractivity contribution is 9.10. The quantitative estimate of drug-likeness (QED) is 0.475. The zero-order valence-electron chi connectivity index (χ0n) is 9.18. The topological polar surface area (TPSA) is 0 Å². The third kappa shape index (κ3) is 4.28. The molecule has 2 heteroatoms. The Kier molecular flexibility index (Phi) is 6.58. The van der Waals surface area contributed by atoms with E-state index in [1.54, 1.807) is 0 Å². The van der Waals surface area contributed by atoms with Gasteiger partial charge in [0, 0.05) is 9.80 Å². The summed E-state index contributed by atoms with van der Waals surface area (Å²) in [5.74, 6) is 0.645. The normalized spacial score (nSPS) is 12.7. The Hall–Kier alpha value is 0.180. The van der Waals surface area contributed by atoms with Crippen molar-refractivity contribution in [3.8, 4) is 0 Å². The molecule has 0 aliphatic rings. The molecule has 1 aromatic rings. The van der Waals surface area contributed by atoms with Crippen molar-refractivity contribution < 1.29 is 0 Å². The molecular weight excluding hydrogens is 316 g/mol. The van der Waals surface area contributed by atoms with E-state index in [2.05, 4.69) is 63.0 Å². The lowest BCUT2D eigenvalue weighted by Gasteiger charge is -2.15. The summed E-state index contributed by atoms with van der Waals surface area (Å²) in [4.78, 5) is 0. The summed E-state index contributed by atoms with van der Waals surface area (Å²) in [6, 6.07) is 8.55. The summed E-state index contributed by atoms with van der Waals surface area (Å²) in [5.41, 5.74) is 1.44. The number of rotatable bonds is 6. The summed E-state index contributed by atoms with van der Waals surface area (Å²) in [5, 5.41) is 1.05. The van der Waals surface area contributed by atoms with E-state index in [1.165, 1.54) is 35.7 Å². The molecule has 0 N–H and O–H groups in total. The third-order valence-electron chi connectivity index (χ3n) is 2.69. The zero-order valence-corrected chi connectivity index (χ0v) is 12.4. The lowest BCUT2D eigenvalue weighted by atomic mass is 9.95. The Morgan fingerprint density at radius 1 is 1.20 bits per heavy atom. The molecule has 0 fully saturated rings. The van der Waals surface area contributed by atoms with Gasteiger partial charge in [-0.1, -0.05) is 76.2 Å². The standard InChI is InChI=1S/C13H18Br2/c1-2-3-4-7-11(10-14)12-8-5-6-9-13(12)15/h5-6,8-9,11H,2-4,7,10H2,1H3. The van der Waals surface area contributed by atoms with Gasteiger partial charge in [0.2, 0.25) is 0 Å². The van der Waals surface area contributed by atoms with E-state index < -0.39 is 0 Å². The summed E-state index contributed by atoms with van der Waals surface area (Å²) in [6.45, 7) is 2.25. The van der Waals surface area contributed by atoms with Crippen LogP contribution in [-0.4, -0.2) is 5.33 Å². The van der Waals surface area contributed by atoms with Gasteiger partial charge in [-0.15, -0.1) is 0 Å². The van der Waals surface area contributed by atoms with E-state index in [-0.39, 0.29) is 0 Å². The van der Waals surface area contributed by atoms with Gasteiger partial charge in [0.1, 0.15) is 0 Å². The number of alkyl halides is 1. The minimum absolute atomic E-state index is 0.645. The molecule has 0 saturated carbocycles. The fourth-order valence-corrected chi connectivity index (χ4v) is 3.04. The van der Waals surface area contributed by atoms with Crippen LogP contribution in [0.2, 0.25) is 0 Å². The summed E-state index contributed by atoms with van der Waals surface area (Å²) in [7, 11) is 0. The van der Waals surface area contributed by atoms with Crippen LogP contribution in [0.4, 0.5) is 0 Å². The minimum atomic E-state index is 0.645. The maximum atomic E-state index is 3.63. The largest absolute Gasteiger partial charge is 0.0921 e. The van der Waals surface area contributed by atoms with Crippen molar-refractivity contribution in [1.82, 2.24) is 0 Å². The second-order valence-corrected chi connectivity index (χ2v) is 5.37. The van der Waals surface area contributed by atoms with Crippen LogP contribution >= 0.6 is 31.9 Å². The molecule has 0 spiro atoms. The summed E-state index contributed by atoms with van der Waals surface area (Å²) < 4.78 is 1.24. The fourth-order valence-electron chi connectivity index (χ4n) is 1.76. The van der Waals surface area contributed by atoms with Gasteiger partial charge in [-0.2, -0.15) is 0 Å². The van der Waals surface area contributed by atoms with Crippen LogP contribution in [0.25, 0.3) is 0 Å². The van der Waals surface area contributed by atoms with E-state index in [0.29, 0.717) is 5.92 Å². The lowest BCUT2D eigenvalue weighted by Crippen LogP contribution is -2.01. The summed E-state index contributed by atoms with van der Waals surface area (Å²) >= 11 is 7.24. The molecule has 0 saturated heterocycles. The van der Waals surface area contributed by atoms with Gasteiger partial charge in [-0.25, -0.2) is 0 Å². The second-order valence-electron chi connectivity index (χ2n) is 3.87. The molecule has 0 amide bonds. The lowest BCUT2D eigenvalue weighted by molar-refractivity contribution is 0.604. The second kappa shape index (κ2) is 7.45. The highest BCUT2D eigenvalue weighted by atomic mass is 79.9. The Morgan fingerprint density at radius 3 is 2.53 bits per heavy atom. The van der Waals surface area contributed by atoms with Crippen LogP contribution in [0.5, 0.6) is 0 Å². The Morgan fingerprint density at radius 2 is 1.93 bits per heavy atom. The molecule has 1 rings (SSSR count). The van der Waals surface area contributed by atoms with Crippen LogP contribution in [0.3, 0.4) is 0 Å². The Labute approximate surface area is 110 Å². The molecule has 15 heavy (non-hydrogen) atoms. The van der Waals surface area contributed by atoms with E-state index in [0.717, 1.165) is 5.33 Å². The molecule has 0 aromatic heterocycles. The molecule has 1 aromatic carbocycles. The monoisotopic (exact) mass is 332 g/mol. The van der Waals surface area contributed by atoms with Crippen molar-refractivity contribution in [2.75, 3.05) is 5.33 Å². The summed E-state index contributed by atoms with van der Waals surface area (Å²) in [6.07, 6.45) is 5.24. The van der Waals surface area contributed by atoms with Crippen LogP contribution < -0.4 is 0 Å². The smallest absolute Gasteiger partial charge is 0.0210 e. The van der Waals surface area contributed by atoms with Gasteiger partial charge in [-0.3, -0.25) is 0 Å². The first-order valence-corrected chi connectivity index (χ1v) is 7.51. The molecule has 0 nitrogen and oxygen atoms in total. The van der Waals surface area contributed by atoms with Gasteiger partial charge >= 0.3 is 0 Å². The maximum absolute atomic E-state index is 3.63. The van der Waals surface area contributed by atoms with Crippen LogP contribution in [0, 0.1) is 0 Å². The number of hydrogen-bond acceptors (Lipinski definition) is 0. The highest BCUT2D eigenvalue weighted by Gasteiger charge is 2.12. The molecule has 0 heterocycles. The molecular formula is C13H18Br2. The van der Waals surface area contributed by atoms with Gasteiger partial charge in [0.15, 0.2) is 0 Å². The van der Waals surface area contributed by atoms with E-state index in [9.17, 15) is 0 Å². The van der Waals surface area contributed by atoms with Crippen LogP contribution in [-0.2, 0) is 0 Å². The first kappa shape index (κ1) is 13.2. The van der Waals surface area contributed by atoms with Crippen molar-refractivity contribution in [1.29, 1.82) is 0 Å². The number of unbranched alkanes of at least 4 members (excludes halogenated alkanes) is 2. The van der Waals surface area contributed by atoms with Gasteiger partial charge in [0.25, 0.3) is 0 Å². The Bertz CT molecular complexity index is 284. The Balaban J connectivity index is 2.61. The predicted octanol–water partition coefficient (Wildman–Crippen LogP) is 5.51. The number of benzene rings is 1. The predicted molar refractivity (Wildman–Crippen MR) is 74.8 cm³/mol.